The van der Waals surface area contributed by atoms with Crippen molar-refractivity contribution >= 4 is 12.1 Å². The van der Waals surface area contributed by atoms with E-state index in [9.17, 15) is 9.59 Å². The summed E-state index contributed by atoms with van der Waals surface area (Å²) in [5.41, 5.74) is 1.80. The minimum absolute atomic E-state index is 0.0898. The Kier molecular flexibility index (Phi) is 3.67. The Morgan fingerprint density at radius 1 is 1.17 bits per heavy atom. The van der Waals surface area contributed by atoms with Crippen LogP contribution in [0.15, 0.2) is 23.8 Å². The zero-order chi connectivity index (χ0) is 17.1. The highest BCUT2D eigenvalue weighted by Crippen LogP contribution is 2.66. The summed E-state index contributed by atoms with van der Waals surface area (Å²) in [6, 6.07) is 0. The van der Waals surface area contributed by atoms with E-state index in [4.69, 9.17) is 0 Å². The smallest absolute Gasteiger partial charge is 0.178 e. The number of aldehydes is 1. The summed E-state index contributed by atoms with van der Waals surface area (Å²) in [4.78, 5) is 23.2. The molecule has 0 amide bonds. The van der Waals surface area contributed by atoms with E-state index in [1.807, 2.05) is 6.08 Å². The molecule has 0 aromatic rings. The summed E-state index contributed by atoms with van der Waals surface area (Å²) in [5.74, 6) is 3.11. The minimum Gasteiger partial charge on any atom is -0.303 e. The number of allylic oxidation sites excluding steroid dienone is 4. The number of rotatable bonds is 2. The molecular weight excluding hydrogens is 296 g/mol. The van der Waals surface area contributed by atoms with Crippen molar-refractivity contribution in [3.8, 4) is 0 Å². The van der Waals surface area contributed by atoms with Gasteiger partial charge in [0.25, 0.3) is 0 Å². The van der Waals surface area contributed by atoms with Crippen LogP contribution in [0.5, 0.6) is 0 Å². The van der Waals surface area contributed by atoms with Gasteiger partial charge in [-0.1, -0.05) is 32.4 Å². The van der Waals surface area contributed by atoms with Gasteiger partial charge in [0, 0.05) is 11.3 Å². The third-order valence-corrected chi connectivity index (χ3v) is 8.48. The SMILES string of the molecule is CC(C=O)[C@H]1CC[C@H]2[C@@H]3CCC4=CC(=O)C=C[C@]4(C)[C@H]3CC[C@]12C. The molecule has 0 aliphatic heterocycles. The summed E-state index contributed by atoms with van der Waals surface area (Å²) >= 11 is 0. The molecule has 130 valence electrons. The number of hydrogen-bond donors (Lipinski definition) is 0. The Labute approximate surface area is 145 Å². The molecule has 4 aliphatic rings. The van der Waals surface area contributed by atoms with E-state index in [1.165, 1.54) is 44.0 Å². The molecule has 0 bridgehead atoms. The molecule has 0 aromatic carbocycles. The fraction of sp³-hybridized carbons (Fsp3) is 0.727. The van der Waals surface area contributed by atoms with Crippen molar-refractivity contribution in [2.75, 3.05) is 0 Å². The first-order valence-electron chi connectivity index (χ1n) is 9.79. The third-order valence-electron chi connectivity index (χ3n) is 8.48. The molecule has 0 saturated heterocycles. The monoisotopic (exact) mass is 326 g/mol. The molecule has 0 heterocycles. The Hall–Kier alpha value is -1.18. The lowest BCUT2D eigenvalue weighted by atomic mass is 9.47. The van der Waals surface area contributed by atoms with E-state index in [-0.39, 0.29) is 17.1 Å². The van der Waals surface area contributed by atoms with Crippen molar-refractivity contribution < 1.29 is 9.59 Å². The zero-order valence-electron chi connectivity index (χ0n) is 15.3. The molecule has 1 unspecified atom stereocenters. The molecule has 2 nitrogen and oxygen atoms in total. The molecule has 0 N–H and O–H groups in total. The maximum absolute atomic E-state index is 11.8. The number of carbonyl (C=O) groups is 2. The highest BCUT2D eigenvalue weighted by Gasteiger charge is 2.58. The Morgan fingerprint density at radius 3 is 2.71 bits per heavy atom. The van der Waals surface area contributed by atoms with Crippen LogP contribution in [-0.4, -0.2) is 12.1 Å². The summed E-state index contributed by atoms with van der Waals surface area (Å²) in [5, 5.41) is 0. The molecule has 24 heavy (non-hydrogen) atoms. The van der Waals surface area contributed by atoms with Crippen LogP contribution in [0.1, 0.15) is 59.3 Å². The number of fused-ring (bicyclic) bond motifs is 5. The van der Waals surface area contributed by atoms with Gasteiger partial charge in [-0.2, -0.15) is 0 Å². The van der Waals surface area contributed by atoms with E-state index in [0.29, 0.717) is 17.3 Å². The molecule has 4 rings (SSSR count). The Morgan fingerprint density at radius 2 is 1.96 bits per heavy atom. The second-order valence-corrected chi connectivity index (χ2v) is 9.33. The Balaban J connectivity index is 1.66. The molecule has 3 fully saturated rings. The van der Waals surface area contributed by atoms with Gasteiger partial charge in [-0.3, -0.25) is 4.79 Å². The molecule has 3 saturated carbocycles. The summed E-state index contributed by atoms with van der Waals surface area (Å²) < 4.78 is 0. The summed E-state index contributed by atoms with van der Waals surface area (Å²) in [6.45, 7) is 6.96. The van der Waals surface area contributed by atoms with E-state index in [0.717, 1.165) is 18.3 Å². The quantitative estimate of drug-likeness (QED) is 0.687. The average Bonchev–Trinajstić information content (AvgIpc) is 2.92. The van der Waals surface area contributed by atoms with E-state index in [1.54, 1.807) is 6.08 Å². The number of ketones is 1. The van der Waals surface area contributed by atoms with Gasteiger partial charge in [0.1, 0.15) is 6.29 Å². The molecule has 2 heteroatoms. The van der Waals surface area contributed by atoms with Gasteiger partial charge in [-0.05, 0) is 79.8 Å². The van der Waals surface area contributed by atoms with Gasteiger partial charge in [-0.15, -0.1) is 0 Å². The van der Waals surface area contributed by atoms with Crippen molar-refractivity contribution in [3.05, 3.63) is 23.8 Å². The van der Waals surface area contributed by atoms with Crippen LogP contribution in [0.25, 0.3) is 0 Å². The highest BCUT2D eigenvalue weighted by molar-refractivity contribution is 6.01. The van der Waals surface area contributed by atoms with Crippen molar-refractivity contribution in [2.24, 2.45) is 40.4 Å². The lowest BCUT2D eigenvalue weighted by Crippen LogP contribution is -2.50. The number of hydrogen-bond acceptors (Lipinski definition) is 2. The molecule has 4 aliphatic carbocycles. The number of carbonyl (C=O) groups excluding carboxylic acids is 2. The molecule has 7 atom stereocenters. The van der Waals surface area contributed by atoms with Gasteiger partial charge >= 0.3 is 0 Å². The van der Waals surface area contributed by atoms with Gasteiger partial charge in [0.05, 0.1) is 0 Å². The fourth-order valence-corrected chi connectivity index (χ4v) is 7.20. The van der Waals surface area contributed by atoms with Gasteiger partial charge < -0.3 is 4.79 Å². The van der Waals surface area contributed by atoms with Crippen LogP contribution in [0.2, 0.25) is 0 Å². The average molecular weight is 326 g/mol. The first kappa shape index (κ1) is 16.3. The third kappa shape index (κ3) is 2.07. The van der Waals surface area contributed by atoms with Crippen molar-refractivity contribution in [3.63, 3.8) is 0 Å². The van der Waals surface area contributed by atoms with E-state index < -0.39 is 0 Å². The standard InChI is InChI=1S/C22H30O2/c1-14(13-23)18-6-7-19-17-5-4-15-12-16(24)8-10-21(15,2)20(17)9-11-22(18,19)3/h8,10,12-14,17-20H,4-7,9,11H2,1-3H3/t14?,17-,18+,19-,20-,21-,22+/m0/s1. The van der Waals surface area contributed by atoms with E-state index >= 15 is 0 Å². The van der Waals surface area contributed by atoms with Crippen LogP contribution < -0.4 is 0 Å². The van der Waals surface area contributed by atoms with Gasteiger partial charge in [-0.25, -0.2) is 0 Å². The minimum atomic E-state index is 0.0898. The molecule has 0 spiro atoms. The highest BCUT2D eigenvalue weighted by atomic mass is 16.1. The predicted octanol–water partition coefficient (Wildman–Crippen LogP) is 4.75. The van der Waals surface area contributed by atoms with E-state index in [2.05, 4.69) is 26.8 Å². The van der Waals surface area contributed by atoms with Crippen molar-refractivity contribution in [1.82, 2.24) is 0 Å². The normalized spacial score (nSPS) is 48.1. The topological polar surface area (TPSA) is 34.1 Å². The predicted molar refractivity (Wildman–Crippen MR) is 95.3 cm³/mol. The summed E-state index contributed by atoms with van der Waals surface area (Å²) in [7, 11) is 0. The second kappa shape index (κ2) is 5.41. The Bertz CT molecular complexity index is 630. The first-order chi connectivity index (χ1) is 11.4. The van der Waals surface area contributed by atoms with Crippen molar-refractivity contribution in [1.29, 1.82) is 0 Å². The van der Waals surface area contributed by atoms with Gasteiger partial charge in [0.2, 0.25) is 0 Å². The molecule has 0 aromatic heterocycles. The maximum atomic E-state index is 11.8. The largest absolute Gasteiger partial charge is 0.303 e. The first-order valence-corrected chi connectivity index (χ1v) is 9.79. The van der Waals surface area contributed by atoms with Crippen LogP contribution in [0, 0.1) is 40.4 Å². The van der Waals surface area contributed by atoms with Crippen LogP contribution in [0.3, 0.4) is 0 Å². The van der Waals surface area contributed by atoms with Crippen LogP contribution in [0.4, 0.5) is 0 Å². The maximum Gasteiger partial charge on any atom is 0.178 e. The summed E-state index contributed by atoms with van der Waals surface area (Å²) in [6.07, 6.45) is 14.4. The van der Waals surface area contributed by atoms with Crippen molar-refractivity contribution in [2.45, 2.75) is 59.3 Å². The lowest BCUT2D eigenvalue weighted by molar-refractivity contribution is -0.115. The zero-order valence-corrected chi connectivity index (χ0v) is 15.3. The molecule has 0 radical (unpaired) electrons. The second-order valence-electron chi connectivity index (χ2n) is 9.33. The van der Waals surface area contributed by atoms with Crippen LogP contribution in [-0.2, 0) is 9.59 Å². The fourth-order valence-electron chi connectivity index (χ4n) is 7.20. The molecular formula is C22H30O2. The van der Waals surface area contributed by atoms with Gasteiger partial charge in [0.15, 0.2) is 5.78 Å². The van der Waals surface area contributed by atoms with Crippen LogP contribution >= 0.6 is 0 Å². The lowest BCUT2D eigenvalue weighted by Gasteiger charge is -2.57.